The molecule has 0 bridgehead atoms. The van der Waals surface area contributed by atoms with Gasteiger partial charge in [0.25, 0.3) is 0 Å². The predicted molar refractivity (Wildman–Crippen MR) is 129 cm³/mol. The zero-order valence-electron chi connectivity index (χ0n) is 19.6. The summed E-state index contributed by atoms with van der Waals surface area (Å²) in [6, 6.07) is 4.83. The van der Waals surface area contributed by atoms with Crippen LogP contribution < -0.4 is 0 Å². The summed E-state index contributed by atoms with van der Waals surface area (Å²) in [5.41, 5.74) is 3.49. The first-order chi connectivity index (χ1) is 15.7. The van der Waals surface area contributed by atoms with Crippen LogP contribution in [0.5, 0.6) is 5.75 Å². The molecule has 2 amide bonds. The summed E-state index contributed by atoms with van der Waals surface area (Å²) in [4.78, 5) is 27.1. The second-order valence-electron chi connectivity index (χ2n) is 9.11. The molecule has 33 heavy (non-hydrogen) atoms. The summed E-state index contributed by atoms with van der Waals surface area (Å²) >= 11 is 6.23. The molecular weight excluding hydrogens is 442 g/mol. The third-order valence-corrected chi connectivity index (χ3v) is 7.29. The molecule has 1 heterocycles. The van der Waals surface area contributed by atoms with Crippen molar-refractivity contribution in [1.29, 1.82) is 0 Å². The first-order valence-electron chi connectivity index (χ1n) is 11.7. The van der Waals surface area contributed by atoms with Crippen LogP contribution >= 0.6 is 11.6 Å². The second-order valence-corrected chi connectivity index (χ2v) is 9.51. The van der Waals surface area contributed by atoms with Crippen LogP contribution in [0.2, 0.25) is 5.02 Å². The van der Waals surface area contributed by atoms with Gasteiger partial charge < -0.3 is 15.3 Å². The lowest BCUT2D eigenvalue weighted by Crippen LogP contribution is -2.38. The number of hydrogen-bond acceptors (Lipinski definition) is 5. The number of allylic oxidation sites excluding steroid dienone is 2. The Kier molecular flexibility index (Phi) is 8.38. The minimum Gasteiger partial charge on any atom is -0.508 e. The lowest BCUT2D eigenvalue weighted by molar-refractivity contribution is -0.140. The molecule has 1 aliphatic carbocycles. The Morgan fingerprint density at radius 1 is 1.27 bits per heavy atom. The van der Waals surface area contributed by atoms with Crippen molar-refractivity contribution in [2.45, 2.75) is 59.0 Å². The molecule has 0 aromatic heterocycles. The van der Waals surface area contributed by atoms with Gasteiger partial charge in [0.15, 0.2) is 0 Å². The van der Waals surface area contributed by atoms with Crippen LogP contribution in [-0.2, 0) is 9.59 Å². The normalized spacial score (nSPS) is 24.5. The number of aliphatic hydroxyl groups excluding tert-OH is 2. The number of fused-ring (bicyclic) bond motifs is 1. The lowest BCUT2D eigenvalue weighted by atomic mass is 9.68. The zero-order chi connectivity index (χ0) is 24.3. The summed E-state index contributed by atoms with van der Waals surface area (Å²) in [5.74, 6) is -1.85. The van der Waals surface area contributed by atoms with Crippen LogP contribution in [0.15, 0.2) is 34.9 Å². The van der Waals surface area contributed by atoms with Gasteiger partial charge in [-0.3, -0.25) is 14.5 Å². The Morgan fingerprint density at radius 3 is 2.61 bits per heavy atom. The van der Waals surface area contributed by atoms with E-state index in [0.717, 1.165) is 23.1 Å². The Labute approximate surface area is 200 Å². The lowest BCUT2D eigenvalue weighted by Gasteiger charge is -2.35. The van der Waals surface area contributed by atoms with Crippen LogP contribution in [-0.4, -0.2) is 51.3 Å². The topological polar surface area (TPSA) is 98.1 Å². The highest BCUT2D eigenvalue weighted by molar-refractivity contribution is 6.32. The van der Waals surface area contributed by atoms with E-state index in [9.17, 15) is 24.9 Å². The fraction of sp³-hybridized carbons (Fsp3) is 0.538. The van der Waals surface area contributed by atoms with E-state index < -0.39 is 23.9 Å². The van der Waals surface area contributed by atoms with Gasteiger partial charge >= 0.3 is 0 Å². The minimum absolute atomic E-state index is 0.108. The van der Waals surface area contributed by atoms with Gasteiger partial charge in [-0.25, -0.2) is 0 Å². The Hall–Kier alpha value is -2.15. The number of aromatic hydroxyl groups is 1. The number of phenolic OH excluding ortho intramolecular Hbond substituents is 1. The molecule has 180 valence electrons. The van der Waals surface area contributed by atoms with Crippen LogP contribution in [0, 0.1) is 17.8 Å². The number of carbonyl (C=O) groups is 2. The molecule has 0 radical (unpaired) electrons. The van der Waals surface area contributed by atoms with E-state index in [1.165, 1.54) is 11.0 Å². The number of halogens is 1. The molecule has 1 aromatic carbocycles. The molecule has 2 aliphatic rings. The fourth-order valence-electron chi connectivity index (χ4n) is 5.31. The van der Waals surface area contributed by atoms with E-state index >= 15 is 0 Å². The quantitative estimate of drug-likeness (QED) is 0.365. The van der Waals surface area contributed by atoms with E-state index in [2.05, 4.69) is 0 Å². The van der Waals surface area contributed by atoms with Crippen LogP contribution in [0.25, 0.3) is 6.08 Å². The summed E-state index contributed by atoms with van der Waals surface area (Å²) in [5, 5.41) is 31.3. The second kappa shape index (κ2) is 10.9. The van der Waals surface area contributed by atoms with Crippen molar-refractivity contribution in [2.75, 3.05) is 13.2 Å². The van der Waals surface area contributed by atoms with Crippen LogP contribution in [0.3, 0.4) is 0 Å². The number of rotatable bonds is 9. The average molecular weight is 476 g/mol. The molecule has 1 aromatic rings. The van der Waals surface area contributed by atoms with Gasteiger partial charge in [0.05, 0.1) is 29.6 Å². The Balaban J connectivity index is 1.78. The van der Waals surface area contributed by atoms with E-state index in [1.807, 2.05) is 26.8 Å². The molecule has 3 N–H and O–H groups in total. The maximum absolute atomic E-state index is 13.0. The fourth-order valence-corrected chi connectivity index (χ4v) is 5.54. The number of carbonyl (C=O) groups excluding carboxylic acids is 2. The number of likely N-dealkylation sites (tertiary alicyclic amines) is 1. The number of nitrogens with zero attached hydrogens (tertiary/aromatic N) is 1. The van der Waals surface area contributed by atoms with Crippen molar-refractivity contribution < 1.29 is 24.9 Å². The van der Waals surface area contributed by atoms with E-state index in [1.54, 1.807) is 12.1 Å². The molecule has 4 atom stereocenters. The third kappa shape index (κ3) is 5.18. The molecule has 6 nitrogen and oxygen atoms in total. The molecule has 7 heteroatoms. The number of amides is 2. The molecule has 1 fully saturated rings. The van der Waals surface area contributed by atoms with Crippen molar-refractivity contribution in [3.8, 4) is 5.75 Å². The maximum Gasteiger partial charge on any atom is 0.233 e. The summed E-state index contributed by atoms with van der Waals surface area (Å²) in [6.45, 7) is 5.97. The maximum atomic E-state index is 13.0. The van der Waals surface area contributed by atoms with Gasteiger partial charge in [0, 0.05) is 12.5 Å². The Morgan fingerprint density at radius 2 is 2.00 bits per heavy atom. The summed E-state index contributed by atoms with van der Waals surface area (Å²) in [7, 11) is 0. The standard InChI is InChI=1S/C26H34ClNO5/c1-4-10-28-25(32)19-11-15(3)23(20(14-29)24(19)26(28)33)22(31)9-6-16(5-2)12-17-7-8-18(30)13-21(17)27/h7-8,12-13,19-20,22,24,29-31H,4-6,9-11,14H2,1-3H3/b16-12+/t19-,20+,22-,24-/m1/s1. The Bertz CT molecular complexity index is 969. The van der Waals surface area contributed by atoms with Crippen molar-refractivity contribution >= 4 is 29.5 Å². The molecule has 1 saturated heterocycles. The zero-order valence-corrected chi connectivity index (χ0v) is 20.3. The number of imide groups is 1. The minimum atomic E-state index is -0.809. The SMILES string of the molecule is CCCN1C(=O)[C@@H]2[C@@H](CC(C)=C([C@H](O)CC/C(=C/c3ccc(O)cc3Cl)CC)[C@@H]2CO)C1=O. The molecule has 1 aliphatic heterocycles. The van der Waals surface area contributed by atoms with Gasteiger partial charge in [0.2, 0.25) is 11.8 Å². The summed E-state index contributed by atoms with van der Waals surface area (Å²) < 4.78 is 0. The highest BCUT2D eigenvalue weighted by atomic mass is 35.5. The smallest absolute Gasteiger partial charge is 0.233 e. The molecule has 0 spiro atoms. The largest absolute Gasteiger partial charge is 0.508 e. The number of phenols is 1. The highest BCUT2D eigenvalue weighted by Crippen LogP contribution is 2.46. The average Bonchev–Trinajstić information content (AvgIpc) is 3.01. The molecular formula is C26H34ClNO5. The van der Waals surface area contributed by atoms with Gasteiger partial charge in [-0.15, -0.1) is 0 Å². The number of benzene rings is 1. The van der Waals surface area contributed by atoms with Gasteiger partial charge in [-0.05, 0) is 68.4 Å². The van der Waals surface area contributed by atoms with Gasteiger partial charge in [-0.2, -0.15) is 0 Å². The van der Waals surface area contributed by atoms with E-state index in [4.69, 9.17) is 11.6 Å². The number of aliphatic hydroxyl groups is 2. The first-order valence-corrected chi connectivity index (χ1v) is 12.1. The molecule has 3 rings (SSSR count). The highest BCUT2D eigenvalue weighted by Gasteiger charge is 2.54. The van der Waals surface area contributed by atoms with Crippen LogP contribution in [0.4, 0.5) is 0 Å². The molecule has 0 saturated carbocycles. The monoisotopic (exact) mass is 475 g/mol. The van der Waals surface area contributed by atoms with Crippen molar-refractivity contribution in [2.24, 2.45) is 17.8 Å². The van der Waals surface area contributed by atoms with Crippen molar-refractivity contribution in [3.05, 3.63) is 45.5 Å². The van der Waals surface area contributed by atoms with Crippen molar-refractivity contribution in [3.63, 3.8) is 0 Å². The third-order valence-electron chi connectivity index (χ3n) is 6.96. The number of hydrogen-bond donors (Lipinski definition) is 3. The predicted octanol–water partition coefficient (Wildman–Crippen LogP) is 4.32. The van der Waals surface area contributed by atoms with Gasteiger partial charge in [-0.1, -0.05) is 42.7 Å². The molecule has 0 unspecified atom stereocenters. The van der Waals surface area contributed by atoms with Gasteiger partial charge in [0.1, 0.15) is 5.75 Å². The first kappa shape index (κ1) is 25.5. The van der Waals surface area contributed by atoms with E-state index in [-0.39, 0.29) is 24.2 Å². The van der Waals surface area contributed by atoms with Crippen LogP contribution in [0.1, 0.15) is 58.4 Å². The van der Waals surface area contributed by atoms with E-state index in [0.29, 0.717) is 42.8 Å². The summed E-state index contributed by atoms with van der Waals surface area (Å²) in [6.07, 6.45) is 4.13. The van der Waals surface area contributed by atoms with Crippen molar-refractivity contribution in [1.82, 2.24) is 4.90 Å².